The zero-order chi connectivity index (χ0) is 12.5. The highest BCUT2D eigenvalue weighted by atomic mass is 79.9. The van der Waals surface area contributed by atoms with Crippen LogP contribution in [0.5, 0.6) is 0 Å². The molecule has 1 unspecified atom stereocenters. The van der Waals surface area contributed by atoms with Crippen LogP contribution >= 0.6 is 39.0 Å². The number of carbonyl (C=O) groups is 1. The lowest BCUT2D eigenvalue weighted by atomic mass is 10.2. The van der Waals surface area contributed by atoms with Gasteiger partial charge in [0.2, 0.25) is 0 Å². The zero-order valence-corrected chi connectivity index (χ0v) is 13.3. The topological polar surface area (TPSA) is 29.1 Å². The number of halogens is 1. The molecule has 1 atom stereocenters. The molecule has 1 aliphatic carbocycles. The number of hydrogen-bond donors (Lipinski definition) is 1. The number of nitrogens with one attached hydrogen (secondary N) is 1. The fraction of sp³-hybridized carbons (Fsp3) is 0.615. The van der Waals surface area contributed by atoms with Gasteiger partial charge in [0, 0.05) is 22.0 Å². The van der Waals surface area contributed by atoms with Gasteiger partial charge in [0.1, 0.15) is 0 Å². The summed E-state index contributed by atoms with van der Waals surface area (Å²) in [4.78, 5) is 14.8. The van der Waals surface area contributed by atoms with Gasteiger partial charge in [-0.1, -0.05) is 15.9 Å². The van der Waals surface area contributed by atoms with E-state index in [4.69, 9.17) is 0 Å². The van der Waals surface area contributed by atoms with Crippen molar-refractivity contribution >= 4 is 44.9 Å². The minimum Gasteiger partial charge on any atom is -0.350 e. The van der Waals surface area contributed by atoms with Crippen LogP contribution in [0.3, 0.4) is 0 Å². The maximum atomic E-state index is 12.1. The number of alkyl halides is 1. The average Bonchev–Trinajstić information content (AvgIpc) is 3.14. The normalized spacial score (nSPS) is 20.3. The van der Waals surface area contributed by atoms with Gasteiger partial charge in [-0.05, 0) is 42.6 Å². The number of carbonyl (C=O) groups excluding carboxylic acids is 1. The average molecular weight is 346 g/mol. The fourth-order valence-electron chi connectivity index (χ4n) is 2.16. The van der Waals surface area contributed by atoms with Crippen molar-refractivity contribution in [2.24, 2.45) is 5.92 Å². The quantitative estimate of drug-likeness (QED) is 0.847. The SMILES string of the molecule is O=C(NCC(Br)C1CC1)c1cc2c(s1)CCSC2. The van der Waals surface area contributed by atoms with E-state index in [2.05, 4.69) is 27.3 Å². The second-order valence-electron chi connectivity index (χ2n) is 4.93. The van der Waals surface area contributed by atoms with E-state index in [1.807, 2.05) is 11.8 Å². The second-order valence-corrected chi connectivity index (χ2v) is 8.34. The van der Waals surface area contributed by atoms with Crippen LogP contribution in [0.25, 0.3) is 0 Å². The summed E-state index contributed by atoms with van der Waals surface area (Å²) in [7, 11) is 0. The maximum Gasteiger partial charge on any atom is 0.261 e. The summed E-state index contributed by atoms with van der Waals surface area (Å²) in [6, 6.07) is 2.09. The molecule has 1 amide bonds. The lowest BCUT2D eigenvalue weighted by Gasteiger charge is -2.08. The molecule has 18 heavy (non-hydrogen) atoms. The van der Waals surface area contributed by atoms with E-state index in [1.165, 1.54) is 29.0 Å². The number of fused-ring (bicyclic) bond motifs is 1. The molecule has 1 fully saturated rings. The highest BCUT2D eigenvalue weighted by Crippen LogP contribution is 2.36. The fourth-order valence-corrected chi connectivity index (χ4v) is 5.14. The molecule has 98 valence electrons. The van der Waals surface area contributed by atoms with E-state index in [1.54, 1.807) is 11.3 Å². The van der Waals surface area contributed by atoms with Gasteiger partial charge in [-0.2, -0.15) is 11.8 Å². The number of amides is 1. The molecule has 2 heterocycles. The third-order valence-corrected chi connectivity index (χ3v) is 6.76. The first-order valence-electron chi connectivity index (χ1n) is 6.35. The van der Waals surface area contributed by atoms with Gasteiger partial charge in [0.05, 0.1) is 4.88 Å². The van der Waals surface area contributed by atoms with Gasteiger partial charge in [0.15, 0.2) is 0 Å². The van der Waals surface area contributed by atoms with E-state index in [0.29, 0.717) is 4.83 Å². The van der Waals surface area contributed by atoms with E-state index in [0.717, 1.165) is 29.5 Å². The van der Waals surface area contributed by atoms with Crippen LogP contribution in [0.4, 0.5) is 0 Å². The molecule has 1 aliphatic heterocycles. The van der Waals surface area contributed by atoms with Crippen LogP contribution in [-0.2, 0) is 12.2 Å². The predicted molar refractivity (Wildman–Crippen MR) is 82.0 cm³/mol. The Labute approximate surface area is 124 Å². The maximum absolute atomic E-state index is 12.1. The molecule has 1 aromatic rings. The molecule has 1 saturated carbocycles. The van der Waals surface area contributed by atoms with Crippen molar-refractivity contribution in [1.82, 2.24) is 5.32 Å². The summed E-state index contributed by atoms with van der Waals surface area (Å²) in [5, 5.41) is 3.05. The van der Waals surface area contributed by atoms with Gasteiger partial charge in [-0.15, -0.1) is 11.3 Å². The van der Waals surface area contributed by atoms with Crippen molar-refractivity contribution in [1.29, 1.82) is 0 Å². The Morgan fingerprint density at radius 3 is 3.11 bits per heavy atom. The summed E-state index contributed by atoms with van der Waals surface area (Å²) in [5.74, 6) is 3.14. The number of hydrogen-bond acceptors (Lipinski definition) is 3. The van der Waals surface area contributed by atoms with Crippen LogP contribution in [-0.4, -0.2) is 23.0 Å². The van der Waals surface area contributed by atoms with Crippen molar-refractivity contribution in [2.45, 2.75) is 29.8 Å². The third-order valence-electron chi connectivity index (χ3n) is 3.44. The van der Waals surface area contributed by atoms with E-state index < -0.39 is 0 Å². The van der Waals surface area contributed by atoms with Gasteiger partial charge in [0.25, 0.3) is 5.91 Å². The lowest BCUT2D eigenvalue weighted by Crippen LogP contribution is -2.29. The molecule has 1 N–H and O–H groups in total. The largest absolute Gasteiger partial charge is 0.350 e. The van der Waals surface area contributed by atoms with Crippen LogP contribution in [0, 0.1) is 5.92 Å². The number of thiophene rings is 1. The van der Waals surface area contributed by atoms with Crippen molar-refractivity contribution in [2.75, 3.05) is 12.3 Å². The molecule has 0 radical (unpaired) electrons. The molecule has 3 rings (SSSR count). The van der Waals surface area contributed by atoms with Crippen LogP contribution < -0.4 is 5.32 Å². The van der Waals surface area contributed by atoms with Crippen LogP contribution in [0.15, 0.2) is 6.07 Å². The Bertz CT molecular complexity index is 432. The molecule has 0 aromatic carbocycles. The standard InChI is InChI=1S/C13H16BrNOS2/c14-10(8-1-2-8)6-15-13(16)12-5-9-7-17-4-3-11(9)18-12/h5,8,10H,1-4,6-7H2,(H,15,16). The number of rotatable bonds is 4. The molecule has 2 aliphatic rings. The Kier molecular flexibility index (Phi) is 4.01. The van der Waals surface area contributed by atoms with E-state index >= 15 is 0 Å². The van der Waals surface area contributed by atoms with Crippen molar-refractivity contribution < 1.29 is 4.79 Å². The molecule has 0 saturated heterocycles. The Hall–Kier alpha value is -0.000000000000000111. The smallest absolute Gasteiger partial charge is 0.261 e. The summed E-state index contributed by atoms with van der Waals surface area (Å²) in [6.45, 7) is 0.751. The minimum absolute atomic E-state index is 0.101. The number of thioether (sulfide) groups is 1. The zero-order valence-electron chi connectivity index (χ0n) is 10.1. The monoisotopic (exact) mass is 345 g/mol. The molecule has 0 bridgehead atoms. The van der Waals surface area contributed by atoms with Crippen molar-refractivity contribution in [3.8, 4) is 0 Å². The third kappa shape index (κ3) is 2.94. The summed E-state index contributed by atoms with van der Waals surface area (Å²) < 4.78 is 0. The number of aryl methyl sites for hydroxylation is 1. The Balaban J connectivity index is 1.59. The van der Waals surface area contributed by atoms with Crippen LogP contribution in [0.2, 0.25) is 0 Å². The van der Waals surface area contributed by atoms with Gasteiger partial charge >= 0.3 is 0 Å². The van der Waals surface area contributed by atoms with Gasteiger partial charge in [-0.3, -0.25) is 4.79 Å². The van der Waals surface area contributed by atoms with Gasteiger partial charge in [-0.25, -0.2) is 0 Å². The second kappa shape index (κ2) is 5.55. The molecular formula is C13H16BrNOS2. The van der Waals surface area contributed by atoms with Crippen molar-refractivity contribution in [3.05, 3.63) is 21.4 Å². The Morgan fingerprint density at radius 1 is 1.56 bits per heavy atom. The summed E-state index contributed by atoms with van der Waals surface area (Å²) in [5.41, 5.74) is 1.37. The molecule has 5 heteroatoms. The Morgan fingerprint density at radius 2 is 2.39 bits per heavy atom. The van der Waals surface area contributed by atoms with Crippen molar-refractivity contribution in [3.63, 3.8) is 0 Å². The van der Waals surface area contributed by atoms with E-state index in [-0.39, 0.29) is 5.91 Å². The molecular weight excluding hydrogens is 330 g/mol. The summed E-state index contributed by atoms with van der Waals surface area (Å²) in [6.07, 6.45) is 3.73. The molecule has 0 spiro atoms. The first-order chi connectivity index (χ1) is 8.74. The minimum atomic E-state index is 0.101. The van der Waals surface area contributed by atoms with Gasteiger partial charge < -0.3 is 5.32 Å². The highest BCUT2D eigenvalue weighted by Gasteiger charge is 2.29. The first kappa shape index (κ1) is 13.0. The highest BCUT2D eigenvalue weighted by molar-refractivity contribution is 9.09. The molecule has 1 aromatic heterocycles. The lowest BCUT2D eigenvalue weighted by molar-refractivity contribution is 0.0957. The summed E-state index contributed by atoms with van der Waals surface area (Å²) >= 11 is 7.29. The van der Waals surface area contributed by atoms with E-state index in [9.17, 15) is 4.79 Å². The predicted octanol–water partition coefficient (Wildman–Crippen LogP) is 3.44. The first-order valence-corrected chi connectivity index (χ1v) is 9.24. The molecule has 2 nitrogen and oxygen atoms in total. The van der Waals surface area contributed by atoms with Crippen LogP contribution in [0.1, 0.15) is 33.0 Å².